The summed E-state index contributed by atoms with van der Waals surface area (Å²) in [6.45, 7) is 3.09. The number of nitrogens with one attached hydrogen (secondary N) is 2. The maximum absolute atomic E-state index is 8.76. The Morgan fingerprint density at radius 3 is 3.08 bits per heavy atom. The fourth-order valence-corrected chi connectivity index (χ4v) is 1.24. The van der Waals surface area contributed by atoms with Crippen LogP contribution in [0.2, 0.25) is 0 Å². The largest absolute Gasteiger partial charge is 0.396 e. The zero-order chi connectivity index (χ0) is 9.52. The number of aromatic nitrogens is 2. The zero-order valence-electron chi connectivity index (χ0n) is 7.95. The van der Waals surface area contributed by atoms with E-state index in [4.69, 9.17) is 5.11 Å². The van der Waals surface area contributed by atoms with E-state index < -0.39 is 0 Å². The van der Waals surface area contributed by atoms with Crippen molar-refractivity contribution < 1.29 is 5.11 Å². The number of imidazole rings is 1. The van der Waals surface area contributed by atoms with Crippen LogP contribution in [0.4, 0.5) is 0 Å². The van der Waals surface area contributed by atoms with Crippen molar-refractivity contribution in [2.45, 2.75) is 32.4 Å². The summed E-state index contributed by atoms with van der Waals surface area (Å²) in [5.41, 5.74) is 0. The predicted octanol–water partition coefficient (Wildman–Crippen LogP) is 0.660. The summed E-state index contributed by atoms with van der Waals surface area (Å²) in [7, 11) is 0. The first-order valence-electron chi connectivity index (χ1n) is 4.69. The van der Waals surface area contributed by atoms with Gasteiger partial charge in [-0.2, -0.15) is 0 Å². The van der Waals surface area contributed by atoms with Gasteiger partial charge in [0, 0.05) is 25.0 Å². The number of aromatic amines is 1. The molecule has 1 rings (SSSR count). The highest BCUT2D eigenvalue weighted by Crippen LogP contribution is 1.98. The summed E-state index contributed by atoms with van der Waals surface area (Å²) in [6, 6.07) is 0.384. The number of aliphatic hydroxyl groups is 1. The lowest BCUT2D eigenvalue weighted by Crippen LogP contribution is -2.29. The molecule has 4 nitrogen and oxygen atoms in total. The van der Waals surface area contributed by atoms with Gasteiger partial charge in [-0.1, -0.05) is 6.92 Å². The summed E-state index contributed by atoms with van der Waals surface area (Å²) < 4.78 is 0. The van der Waals surface area contributed by atoms with Crippen molar-refractivity contribution in [3.05, 3.63) is 18.2 Å². The Balaban J connectivity index is 2.23. The molecule has 0 aromatic carbocycles. The Morgan fingerprint density at radius 2 is 2.54 bits per heavy atom. The molecule has 0 amide bonds. The van der Waals surface area contributed by atoms with Crippen molar-refractivity contribution >= 4 is 0 Å². The number of nitrogens with zero attached hydrogens (tertiary/aromatic N) is 1. The Morgan fingerprint density at radius 1 is 1.69 bits per heavy atom. The lowest BCUT2D eigenvalue weighted by atomic mass is 10.1. The van der Waals surface area contributed by atoms with Crippen LogP contribution in [0.3, 0.4) is 0 Å². The minimum absolute atomic E-state index is 0.240. The fraction of sp³-hybridized carbons (Fsp3) is 0.667. The van der Waals surface area contributed by atoms with Crippen LogP contribution in [0.1, 0.15) is 25.6 Å². The average Bonchev–Trinajstić information content (AvgIpc) is 2.64. The molecule has 0 saturated heterocycles. The molecule has 0 aliphatic carbocycles. The molecule has 0 bridgehead atoms. The first-order chi connectivity index (χ1) is 6.36. The minimum atomic E-state index is 0.240. The lowest BCUT2D eigenvalue weighted by Gasteiger charge is -2.14. The third kappa shape index (κ3) is 3.57. The number of aliphatic hydroxyl groups excluding tert-OH is 1. The van der Waals surface area contributed by atoms with Gasteiger partial charge in [-0.05, 0) is 12.8 Å². The highest BCUT2D eigenvalue weighted by Gasteiger charge is 2.04. The van der Waals surface area contributed by atoms with Crippen molar-refractivity contribution in [1.29, 1.82) is 0 Å². The van der Waals surface area contributed by atoms with Crippen LogP contribution < -0.4 is 5.32 Å². The summed E-state index contributed by atoms with van der Waals surface area (Å²) in [6.07, 6.45) is 5.38. The summed E-state index contributed by atoms with van der Waals surface area (Å²) in [5.74, 6) is 0.941. The molecule has 0 saturated carbocycles. The number of rotatable bonds is 6. The van der Waals surface area contributed by atoms with Crippen LogP contribution in [0, 0.1) is 0 Å². The van der Waals surface area contributed by atoms with Gasteiger partial charge in [-0.25, -0.2) is 4.98 Å². The molecule has 1 aromatic rings. The molecular formula is C9H17N3O. The van der Waals surface area contributed by atoms with Gasteiger partial charge in [-0.3, -0.25) is 0 Å². The predicted molar refractivity (Wildman–Crippen MR) is 51.2 cm³/mol. The SMILES string of the molecule is CCC(CCO)NCc1ncc[nH]1. The van der Waals surface area contributed by atoms with Gasteiger partial charge in [0.1, 0.15) is 5.82 Å². The molecule has 3 N–H and O–H groups in total. The summed E-state index contributed by atoms with van der Waals surface area (Å²) in [4.78, 5) is 7.12. The van der Waals surface area contributed by atoms with Crippen molar-refractivity contribution in [3.8, 4) is 0 Å². The van der Waals surface area contributed by atoms with E-state index in [9.17, 15) is 0 Å². The van der Waals surface area contributed by atoms with Crippen LogP contribution in [0.5, 0.6) is 0 Å². The Bertz CT molecular complexity index is 211. The lowest BCUT2D eigenvalue weighted by molar-refractivity contribution is 0.261. The second-order valence-corrected chi connectivity index (χ2v) is 3.03. The third-order valence-electron chi connectivity index (χ3n) is 2.08. The fourth-order valence-electron chi connectivity index (χ4n) is 1.24. The average molecular weight is 183 g/mol. The molecule has 0 spiro atoms. The Labute approximate surface area is 78.4 Å². The molecular weight excluding hydrogens is 166 g/mol. The molecule has 1 atom stereocenters. The van der Waals surface area contributed by atoms with Crippen LogP contribution in [0.15, 0.2) is 12.4 Å². The van der Waals surface area contributed by atoms with E-state index in [0.717, 1.165) is 25.2 Å². The molecule has 0 radical (unpaired) electrons. The van der Waals surface area contributed by atoms with Crippen molar-refractivity contribution in [1.82, 2.24) is 15.3 Å². The molecule has 0 fully saturated rings. The molecule has 0 aliphatic rings. The second-order valence-electron chi connectivity index (χ2n) is 3.03. The topological polar surface area (TPSA) is 60.9 Å². The maximum Gasteiger partial charge on any atom is 0.120 e. The molecule has 1 unspecified atom stereocenters. The molecule has 1 heterocycles. The quantitative estimate of drug-likeness (QED) is 0.607. The molecule has 74 valence electrons. The van der Waals surface area contributed by atoms with Gasteiger partial charge in [-0.15, -0.1) is 0 Å². The van der Waals surface area contributed by atoms with E-state index in [0.29, 0.717) is 6.04 Å². The van der Waals surface area contributed by atoms with Crippen LogP contribution >= 0.6 is 0 Å². The molecule has 13 heavy (non-hydrogen) atoms. The van der Waals surface area contributed by atoms with E-state index in [1.54, 1.807) is 6.20 Å². The van der Waals surface area contributed by atoms with Crippen LogP contribution in [-0.2, 0) is 6.54 Å². The van der Waals surface area contributed by atoms with Crippen molar-refractivity contribution in [2.75, 3.05) is 6.61 Å². The van der Waals surface area contributed by atoms with Gasteiger partial charge in [0.15, 0.2) is 0 Å². The monoisotopic (exact) mass is 183 g/mol. The molecule has 4 heteroatoms. The Kier molecular flexibility index (Phi) is 4.49. The number of hydrogen-bond acceptors (Lipinski definition) is 3. The standard InChI is InChI=1S/C9H17N3O/c1-2-8(3-6-13)12-7-9-10-4-5-11-9/h4-5,8,12-13H,2-3,6-7H2,1H3,(H,10,11). The smallest absolute Gasteiger partial charge is 0.120 e. The third-order valence-corrected chi connectivity index (χ3v) is 2.08. The van der Waals surface area contributed by atoms with Crippen molar-refractivity contribution in [2.24, 2.45) is 0 Å². The number of hydrogen-bond donors (Lipinski definition) is 3. The van der Waals surface area contributed by atoms with E-state index in [1.807, 2.05) is 6.20 Å². The minimum Gasteiger partial charge on any atom is -0.396 e. The summed E-state index contributed by atoms with van der Waals surface area (Å²) >= 11 is 0. The first-order valence-corrected chi connectivity index (χ1v) is 4.69. The highest BCUT2D eigenvalue weighted by molar-refractivity contribution is 4.86. The molecule has 1 aromatic heterocycles. The van der Waals surface area contributed by atoms with E-state index >= 15 is 0 Å². The molecule has 0 aliphatic heterocycles. The highest BCUT2D eigenvalue weighted by atomic mass is 16.3. The van der Waals surface area contributed by atoms with Crippen LogP contribution in [-0.4, -0.2) is 27.7 Å². The van der Waals surface area contributed by atoms with E-state index in [1.165, 1.54) is 0 Å². The first kappa shape index (κ1) is 10.2. The van der Waals surface area contributed by atoms with Gasteiger partial charge < -0.3 is 15.4 Å². The van der Waals surface area contributed by atoms with Crippen molar-refractivity contribution in [3.63, 3.8) is 0 Å². The van der Waals surface area contributed by atoms with E-state index in [2.05, 4.69) is 22.2 Å². The normalized spacial score (nSPS) is 13.1. The van der Waals surface area contributed by atoms with Gasteiger partial charge in [0.25, 0.3) is 0 Å². The van der Waals surface area contributed by atoms with Gasteiger partial charge >= 0.3 is 0 Å². The van der Waals surface area contributed by atoms with Gasteiger partial charge in [0.05, 0.1) is 6.54 Å². The second kappa shape index (κ2) is 5.72. The zero-order valence-corrected chi connectivity index (χ0v) is 7.95. The van der Waals surface area contributed by atoms with Gasteiger partial charge in [0.2, 0.25) is 0 Å². The maximum atomic E-state index is 8.76. The number of H-pyrrole nitrogens is 1. The van der Waals surface area contributed by atoms with E-state index in [-0.39, 0.29) is 6.61 Å². The Hall–Kier alpha value is -0.870. The van der Waals surface area contributed by atoms with Crippen LogP contribution in [0.25, 0.3) is 0 Å². The summed E-state index contributed by atoms with van der Waals surface area (Å²) in [5, 5.41) is 12.1.